The molecule has 1 atom stereocenters. The van der Waals surface area contributed by atoms with E-state index < -0.39 is 0 Å². The van der Waals surface area contributed by atoms with Gasteiger partial charge in [0, 0.05) is 32.2 Å². The molecule has 1 heterocycles. The van der Waals surface area contributed by atoms with Crippen LogP contribution in [-0.2, 0) is 9.53 Å². The molecule has 0 saturated carbocycles. The van der Waals surface area contributed by atoms with Crippen molar-refractivity contribution in [2.24, 2.45) is 5.92 Å². The summed E-state index contributed by atoms with van der Waals surface area (Å²) in [6.07, 6.45) is 3.84. The summed E-state index contributed by atoms with van der Waals surface area (Å²) in [7, 11) is 0. The van der Waals surface area contributed by atoms with Gasteiger partial charge in [-0.25, -0.2) is 0 Å². The van der Waals surface area contributed by atoms with E-state index in [9.17, 15) is 4.79 Å². The highest BCUT2D eigenvalue weighted by Crippen LogP contribution is 2.07. The fourth-order valence-electron chi connectivity index (χ4n) is 1.95. The number of nitrogens with one attached hydrogen (secondary N) is 2. The van der Waals surface area contributed by atoms with E-state index in [4.69, 9.17) is 4.74 Å². The van der Waals surface area contributed by atoms with Crippen LogP contribution in [0.1, 0.15) is 39.5 Å². The fraction of sp³-hybridized carbons (Fsp3) is 0.923. The van der Waals surface area contributed by atoms with Crippen LogP contribution < -0.4 is 10.6 Å². The second-order valence-electron chi connectivity index (χ2n) is 5.17. The van der Waals surface area contributed by atoms with Crippen molar-refractivity contribution in [2.75, 3.05) is 26.3 Å². The Bertz CT molecular complexity index is 213. The molecule has 1 unspecified atom stereocenters. The summed E-state index contributed by atoms with van der Waals surface area (Å²) in [6, 6.07) is 0.396. The summed E-state index contributed by atoms with van der Waals surface area (Å²) in [6.45, 7) is 7.59. The van der Waals surface area contributed by atoms with E-state index in [-0.39, 0.29) is 5.91 Å². The first-order chi connectivity index (χ1) is 8.18. The maximum Gasteiger partial charge on any atom is 0.221 e. The topological polar surface area (TPSA) is 50.4 Å². The van der Waals surface area contributed by atoms with Crippen molar-refractivity contribution in [1.29, 1.82) is 0 Å². The zero-order chi connectivity index (χ0) is 12.5. The molecule has 0 aromatic heterocycles. The summed E-state index contributed by atoms with van der Waals surface area (Å²) >= 11 is 0. The van der Waals surface area contributed by atoms with Gasteiger partial charge in [-0.2, -0.15) is 0 Å². The molecule has 1 amide bonds. The minimum atomic E-state index is 0.160. The molecule has 2 N–H and O–H groups in total. The molecular formula is C13H26N2O2. The van der Waals surface area contributed by atoms with E-state index in [0.29, 0.717) is 18.4 Å². The summed E-state index contributed by atoms with van der Waals surface area (Å²) in [5, 5.41) is 6.26. The number of ether oxygens (including phenoxy) is 1. The Kier molecular flexibility index (Phi) is 7.21. The quantitative estimate of drug-likeness (QED) is 0.631. The second kappa shape index (κ2) is 8.48. The van der Waals surface area contributed by atoms with Gasteiger partial charge in [-0.05, 0) is 31.7 Å². The average Bonchev–Trinajstić information content (AvgIpc) is 2.75. The third-order valence-electron chi connectivity index (χ3n) is 2.83. The maximum atomic E-state index is 11.5. The molecule has 1 rings (SSSR count). The molecule has 0 aromatic carbocycles. The van der Waals surface area contributed by atoms with Crippen molar-refractivity contribution in [2.45, 2.75) is 45.6 Å². The van der Waals surface area contributed by atoms with Crippen molar-refractivity contribution >= 4 is 5.91 Å². The number of rotatable bonds is 8. The van der Waals surface area contributed by atoms with Crippen LogP contribution in [0.4, 0.5) is 0 Å². The molecule has 0 aliphatic carbocycles. The standard InChI is InChI=1S/C13H26N2O2/c1-11(2)10-17-8-4-7-15-13(16)9-12-5-3-6-14-12/h11-12,14H,3-10H2,1-2H3,(H,15,16). The normalized spacial score (nSPS) is 19.8. The van der Waals surface area contributed by atoms with Crippen molar-refractivity contribution in [3.8, 4) is 0 Å². The first kappa shape index (κ1) is 14.5. The van der Waals surface area contributed by atoms with Crippen LogP contribution in [0.25, 0.3) is 0 Å². The molecule has 0 aromatic rings. The Morgan fingerprint density at radius 3 is 3.00 bits per heavy atom. The van der Waals surface area contributed by atoms with Gasteiger partial charge in [-0.1, -0.05) is 13.8 Å². The van der Waals surface area contributed by atoms with Gasteiger partial charge in [0.15, 0.2) is 0 Å². The van der Waals surface area contributed by atoms with Crippen LogP contribution >= 0.6 is 0 Å². The molecule has 0 radical (unpaired) electrons. The highest BCUT2D eigenvalue weighted by Gasteiger charge is 2.16. The lowest BCUT2D eigenvalue weighted by atomic mass is 10.1. The van der Waals surface area contributed by atoms with Crippen LogP contribution in [0.3, 0.4) is 0 Å². The average molecular weight is 242 g/mol. The zero-order valence-electron chi connectivity index (χ0n) is 11.1. The van der Waals surface area contributed by atoms with Gasteiger partial charge in [0.25, 0.3) is 0 Å². The highest BCUT2D eigenvalue weighted by atomic mass is 16.5. The zero-order valence-corrected chi connectivity index (χ0v) is 11.1. The Labute approximate surface area is 104 Å². The molecule has 4 nitrogen and oxygen atoms in total. The Balaban J connectivity index is 1.89. The third kappa shape index (κ3) is 7.34. The van der Waals surface area contributed by atoms with E-state index in [2.05, 4.69) is 24.5 Å². The maximum absolute atomic E-state index is 11.5. The number of carbonyl (C=O) groups excluding carboxylic acids is 1. The molecule has 100 valence electrons. The Morgan fingerprint density at radius 2 is 2.35 bits per heavy atom. The van der Waals surface area contributed by atoms with Gasteiger partial charge in [0.05, 0.1) is 0 Å². The van der Waals surface area contributed by atoms with Crippen molar-refractivity contribution in [3.05, 3.63) is 0 Å². The minimum Gasteiger partial charge on any atom is -0.381 e. The van der Waals surface area contributed by atoms with Gasteiger partial charge in [0.1, 0.15) is 0 Å². The number of amides is 1. The van der Waals surface area contributed by atoms with Gasteiger partial charge < -0.3 is 15.4 Å². The fourth-order valence-corrected chi connectivity index (χ4v) is 1.95. The van der Waals surface area contributed by atoms with Crippen LogP contribution in [-0.4, -0.2) is 38.3 Å². The minimum absolute atomic E-state index is 0.160. The van der Waals surface area contributed by atoms with Gasteiger partial charge in [0.2, 0.25) is 5.91 Å². The molecule has 1 aliphatic heterocycles. The lowest BCUT2D eigenvalue weighted by molar-refractivity contribution is -0.121. The van der Waals surface area contributed by atoms with Crippen LogP contribution in [0.5, 0.6) is 0 Å². The molecule has 0 bridgehead atoms. The Hall–Kier alpha value is -0.610. The Morgan fingerprint density at radius 1 is 1.53 bits per heavy atom. The monoisotopic (exact) mass is 242 g/mol. The van der Waals surface area contributed by atoms with E-state index in [1.54, 1.807) is 0 Å². The highest BCUT2D eigenvalue weighted by molar-refractivity contribution is 5.76. The van der Waals surface area contributed by atoms with E-state index >= 15 is 0 Å². The van der Waals surface area contributed by atoms with Crippen molar-refractivity contribution in [1.82, 2.24) is 10.6 Å². The summed E-state index contributed by atoms with van der Waals surface area (Å²) in [5.74, 6) is 0.742. The lowest BCUT2D eigenvalue weighted by Crippen LogP contribution is -2.32. The largest absolute Gasteiger partial charge is 0.381 e. The summed E-state index contributed by atoms with van der Waals surface area (Å²) in [4.78, 5) is 11.5. The van der Waals surface area contributed by atoms with Crippen molar-refractivity contribution in [3.63, 3.8) is 0 Å². The summed E-state index contributed by atoms with van der Waals surface area (Å²) < 4.78 is 5.45. The third-order valence-corrected chi connectivity index (χ3v) is 2.83. The molecule has 1 aliphatic rings. The van der Waals surface area contributed by atoms with E-state index in [1.807, 2.05) is 0 Å². The predicted molar refractivity (Wildman–Crippen MR) is 68.9 cm³/mol. The number of carbonyl (C=O) groups is 1. The molecule has 1 saturated heterocycles. The molecule has 0 spiro atoms. The first-order valence-corrected chi connectivity index (χ1v) is 6.76. The van der Waals surface area contributed by atoms with Crippen LogP contribution in [0, 0.1) is 5.92 Å². The van der Waals surface area contributed by atoms with Crippen molar-refractivity contribution < 1.29 is 9.53 Å². The number of hydrogen-bond acceptors (Lipinski definition) is 3. The van der Waals surface area contributed by atoms with Crippen LogP contribution in [0.15, 0.2) is 0 Å². The van der Waals surface area contributed by atoms with Crippen LogP contribution in [0.2, 0.25) is 0 Å². The first-order valence-electron chi connectivity index (χ1n) is 6.76. The SMILES string of the molecule is CC(C)COCCCNC(=O)CC1CCCN1. The molecule has 4 heteroatoms. The molecule has 1 fully saturated rings. The van der Waals surface area contributed by atoms with Gasteiger partial charge in [-0.3, -0.25) is 4.79 Å². The molecular weight excluding hydrogens is 216 g/mol. The smallest absolute Gasteiger partial charge is 0.221 e. The van der Waals surface area contributed by atoms with Gasteiger partial charge in [-0.15, -0.1) is 0 Å². The molecule has 17 heavy (non-hydrogen) atoms. The van der Waals surface area contributed by atoms with E-state index in [1.165, 1.54) is 6.42 Å². The number of hydrogen-bond donors (Lipinski definition) is 2. The predicted octanol–water partition coefficient (Wildman–Crippen LogP) is 1.31. The lowest BCUT2D eigenvalue weighted by Gasteiger charge is -2.10. The van der Waals surface area contributed by atoms with Gasteiger partial charge >= 0.3 is 0 Å². The second-order valence-corrected chi connectivity index (χ2v) is 5.17. The summed E-state index contributed by atoms with van der Waals surface area (Å²) in [5.41, 5.74) is 0. The van der Waals surface area contributed by atoms with E-state index in [0.717, 1.165) is 39.1 Å².